The van der Waals surface area contributed by atoms with E-state index < -0.39 is 0 Å². The van der Waals surface area contributed by atoms with Crippen molar-refractivity contribution in [3.05, 3.63) is 0 Å². The van der Waals surface area contributed by atoms with E-state index in [4.69, 9.17) is 0 Å². The molecule has 0 nitrogen and oxygen atoms in total. The van der Waals surface area contributed by atoms with Crippen molar-refractivity contribution < 1.29 is 48.6 Å². The predicted molar refractivity (Wildman–Crippen MR) is 19.9 cm³/mol. The van der Waals surface area contributed by atoms with Crippen LogP contribution in [0.3, 0.4) is 0 Å². The molecule has 0 spiro atoms. The summed E-state index contributed by atoms with van der Waals surface area (Å²) in [6, 6.07) is 0. The van der Waals surface area contributed by atoms with Crippen LogP contribution in [0.5, 0.6) is 0 Å². The molecule has 0 bridgehead atoms. The van der Waals surface area contributed by atoms with Crippen molar-refractivity contribution in [2.75, 3.05) is 0 Å². The van der Waals surface area contributed by atoms with E-state index in [-0.39, 0.29) is 74.4 Å². The molecular formula is H6AlAuBZr. The number of hydrogen-bond acceptors (Lipinski definition) is 0. The fraction of sp³-hybridized carbons (Fsp3) is 0. The zero-order chi connectivity index (χ0) is 0. The first-order valence-electron chi connectivity index (χ1n) is 0. The van der Waals surface area contributed by atoms with Crippen LogP contribution in [0, 0.1) is 0 Å². The van der Waals surface area contributed by atoms with Crippen LogP contribution in [-0.4, -0.2) is 25.8 Å². The molecule has 0 amide bonds. The minimum atomic E-state index is 0. The summed E-state index contributed by atoms with van der Waals surface area (Å²) in [5, 5.41) is 0. The van der Waals surface area contributed by atoms with Crippen molar-refractivity contribution in [3.63, 3.8) is 0 Å². The van der Waals surface area contributed by atoms with E-state index in [0.717, 1.165) is 0 Å². The van der Waals surface area contributed by atoms with Gasteiger partial charge in [0.1, 0.15) is 0 Å². The Morgan fingerprint density at radius 2 is 1.00 bits per heavy atom. The van der Waals surface area contributed by atoms with Crippen molar-refractivity contribution >= 4 is 25.8 Å². The zero-order valence-corrected chi connectivity index (χ0v) is 5.43. The molecule has 4 heavy (non-hydrogen) atoms. The van der Waals surface area contributed by atoms with E-state index in [9.17, 15) is 0 Å². The Labute approximate surface area is 73.4 Å². The summed E-state index contributed by atoms with van der Waals surface area (Å²) >= 11 is 0. The van der Waals surface area contributed by atoms with E-state index in [1.807, 2.05) is 0 Å². The van der Waals surface area contributed by atoms with Crippen LogP contribution in [0.25, 0.3) is 0 Å². The Morgan fingerprint density at radius 3 is 1.00 bits per heavy atom. The van der Waals surface area contributed by atoms with E-state index in [0.29, 0.717) is 0 Å². The van der Waals surface area contributed by atoms with Gasteiger partial charge in [-0.3, -0.25) is 0 Å². The van der Waals surface area contributed by atoms with E-state index in [1.54, 1.807) is 0 Å². The van der Waals surface area contributed by atoms with Gasteiger partial charge in [-0.15, -0.1) is 0 Å². The maximum absolute atomic E-state index is 0. The summed E-state index contributed by atoms with van der Waals surface area (Å²) in [6.45, 7) is 0. The summed E-state index contributed by atoms with van der Waals surface area (Å²) in [7, 11) is 0. The van der Waals surface area contributed by atoms with Crippen LogP contribution < -0.4 is 0 Å². The van der Waals surface area contributed by atoms with Gasteiger partial charge in [-0.2, -0.15) is 0 Å². The Balaban J connectivity index is 0. The average molecular weight is 332 g/mol. The first kappa shape index (κ1) is 34.4. The summed E-state index contributed by atoms with van der Waals surface area (Å²) in [5.74, 6) is 0. The van der Waals surface area contributed by atoms with Crippen LogP contribution >= 0.6 is 0 Å². The largest absolute Gasteiger partial charge is 0.187 e. The molecule has 0 unspecified atom stereocenters. The Kier molecular flexibility index (Phi) is 162. The summed E-state index contributed by atoms with van der Waals surface area (Å²) in [4.78, 5) is 0. The summed E-state index contributed by atoms with van der Waals surface area (Å²) in [6.07, 6.45) is 0. The molecule has 0 saturated heterocycles. The number of rotatable bonds is 0. The fourth-order valence-electron chi connectivity index (χ4n) is 0. The SMILES string of the molecule is B.[AlH3].[Au].[Zr]. The van der Waals surface area contributed by atoms with Crippen LogP contribution in [0.15, 0.2) is 0 Å². The minimum absolute atomic E-state index is 0. The van der Waals surface area contributed by atoms with Crippen molar-refractivity contribution in [3.8, 4) is 0 Å². The molecule has 27 valence electrons. The molecule has 0 aromatic heterocycles. The smallest absolute Gasteiger partial charge is 0 e. The van der Waals surface area contributed by atoms with Crippen molar-refractivity contribution in [1.82, 2.24) is 0 Å². The van der Waals surface area contributed by atoms with Crippen molar-refractivity contribution in [2.45, 2.75) is 0 Å². The third kappa shape index (κ3) is 8.88. The first-order chi connectivity index (χ1) is 0. The molecule has 4 heteroatoms. The maximum Gasteiger partial charge on any atom is 0.187 e. The average Bonchev–Trinajstić information content (AvgIpc) is 0. The Hall–Kier alpha value is 2.22. The molecule has 0 aliphatic carbocycles. The van der Waals surface area contributed by atoms with Crippen molar-refractivity contribution in [1.29, 1.82) is 0 Å². The van der Waals surface area contributed by atoms with Crippen LogP contribution in [0.2, 0.25) is 0 Å². The van der Waals surface area contributed by atoms with Gasteiger partial charge in [0.05, 0.1) is 8.41 Å². The molecule has 0 atom stereocenters. The second-order valence-corrected chi connectivity index (χ2v) is 0. The van der Waals surface area contributed by atoms with Gasteiger partial charge in [0.15, 0.2) is 17.4 Å². The van der Waals surface area contributed by atoms with E-state index in [1.165, 1.54) is 0 Å². The van der Waals surface area contributed by atoms with Gasteiger partial charge in [0, 0.05) is 48.6 Å². The van der Waals surface area contributed by atoms with Gasteiger partial charge < -0.3 is 0 Å². The van der Waals surface area contributed by atoms with Crippen LogP contribution in [0.1, 0.15) is 0 Å². The molecule has 0 aromatic carbocycles. The first-order valence-corrected chi connectivity index (χ1v) is 0. The molecule has 0 saturated carbocycles. The molecule has 0 N–H and O–H groups in total. The molecule has 0 aromatic rings. The second-order valence-electron chi connectivity index (χ2n) is 0. The van der Waals surface area contributed by atoms with Gasteiger partial charge in [-0.05, 0) is 0 Å². The molecule has 0 fully saturated rings. The topological polar surface area (TPSA) is 0 Å². The molecule has 1 radical (unpaired) electrons. The van der Waals surface area contributed by atoms with Gasteiger partial charge in [0.2, 0.25) is 0 Å². The molecule has 0 aliphatic rings. The fourth-order valence-corrected chi connectivity index (χ4v) is 0. The quantitative estimate of drug-likeness (QED) is 0.435. The Morgan fingerprint density at radius 1 is 1.00 bits per heavy atom. The third-order valence-corrected chi connectivity index (χ3v) is 0. The van der Waals surface area contributed by atoms with Crippen LogP contribution in [-0.2, 0) is 48.6 Å². The predicted octanol–water partition coefficient (Wildman–Crippen LogP) is -2.37. The van der Waals surface area contributed by atoms with E-state index >= 15 is 0 Å². The zero-order valence-electron chi connectivity index (χ0n) is 0.802. The van der Waals surface area contributed by atoms with Gasteiger partial charge in [0.25, 0.3) is 0 Å². The number of hydrogen-bond donors (Lipinski definition) is 0. The van der Waals surface area contributed by atoms with Gasteiger partial charge in [-0.25, -0.2) is 0 Å². The summed E-state index contributed by atoms with van der Waals surface area (Å²) in [5.41, 5.74) is 0. The minimum Gasteiger partial charge on any atom is 0 e. The molecule has 0 rings (SSSR count). The maximum atomic E-state index is 0. The third-order valence-electron chi connectivity index (χ3n) is 0. The second kappa shape index (κ2) is 18.9. The summed E-state index contributed by atoms with van der Waals surface area (Å²) < 4.78 is 0. The molecule has 0 heterocycles. The van der Waals surface area contributed by atoms with Crippen molar-refractivity contribution in [2.24, 2.45) is 0 Å². The van der Waals surface area contributed by atoms with Gasteiger partial charge >= 0.3 is 0 Å². The molecule has 0 aliphatic heterocycles. The monoisotopic (exact) mass is 331 g/mol. The van der Waals surface area contributed by atoms with E-state index in [2.05, 4.69) is 0 Å². The van der Waals surface area contributed by atoms with Crippen LogP contribution in [0.4, 0.5) is 0 Å². The normalized spacial score (nSPS) is 0. The van der Waals surface area contributed by atoms with Gasteiger partial charge in [-0.1, -0.05) is 0 Å². The standard InChI is InChI=1S/Al.Au.BH3.Zr.3H/h;;1H3;;;;. The Bertz CT molecular complexity index is 8.00. The molecular weight excluding hydrogens is 326 g/mol.